The van der Waals surface area contributed by atoms with Crippen molar-refractivity contribution < 1.29 is 14.3 Å². The molecule has 8 heteroatoms. The first-order valence-electron chi connectivity index (χ1n) is 10.0. The summed E-state index contributed by atoms with van der Waals surface area (Å²) in [6.45, 7) is 0.354. The maximum atomic E-state index is 12.2. The minimum Gasteiger partial charge on any atom is -0.493 e. The summed E-state index contributed by atoms with van der Waals surface area (Å²) >= 11 is 0. The molecule has 0 saturated carbocycles. The summed E-state index contributed by atoms with van der Waals surface area (Å²) in [6.07, 6.45) is 5.04. The second kappa shape index (κ2) is 10.1. The lowest BCUT2D eigenvalue weighted by Gasteiger charge is -2.11. The first-order chi connectivity index (χ1) is 15.7. The van der Waals surface area contributed by atoms with Crippen LogP contribution >= 0.6 is 0 Å². The maximum Gasteiger partial charge on any atom is 0.259 e. The molecule has 4 rings (SSSR count). The van der Waals surface area contributed by atoms with E-state index in [4.69, 9.17) is 9.47 Å². The van der Waals surface area contributed by atoms with E-state index in [2.05, 4.69) is 20.9 Å². The van der Waals surface area contributed by atoms with Crippen LogP contribution in [0, 0.1) is 0 Å². The van der Waals surface area contributed by atoms with Crippen molar-refractivity contribution in [1.82, 2.24) is 15.2 Å². The quantitative estimate of drug-likeness (QED) is 0.313. The van der Waals surface area contributed by atoms with Crippen LogP contribution in [0.3, 0.4) is 0 Å². The van der Waals surface area contributed by atoms with Gasteiger partial charge in [-0.3, -0.25) is 4.79 Å². The number of hydrazone groups is 1. The van der Waals surface area contributed by atoms with E-state index in [1.165, 1.54) is 0 Å². The number of carbonyl (C=O) groups is 1. The van der Waals surface area contributed by atoms with Gasteiger partial charge >= 0.3 is 0 Å². The number of methoxy groups -OCH3 is 1. The number of hydrogen-bond donors (Lipinski definition) is 2. The molecule has 32 heavy (non-hydrogen) atoms. The average molecular weight is 429 g/mol. The normalized spacial score (nSPS) is 10.9. The molecule has 0 saturated heterocycles. The van der Waals surface area contributed by atoms with Gasteiger partial charge in [0.2, 0.25) is 0 Å². The first-order valence-corrected chi connectivity index (χ1v) is 10.0. The number of fused-ring (bicyclic) bond motifs is 1. The van der Waals surface area contributed by atoms with Crippen molar-refractivity contribution in [3.8, 4) is 11.5 Å². The molecule has 0 aliphatic carbocycles. The summed E-state index contributed by atoms with van der Waals surface area (Å²) in [5.74, 6) is 0.895. The molecule has 2 N–H and O–H groups in total. The fourth-order valence-corrected chi connectivity index (χ4v) is 3.17. The van der Waals surface area contributed by atoms with Crippen molar-refractivity contribution in [2.24, 2.45) is 5.10 Å². The molecule has 0 atom stereocenters. The van der Waals surface area contributed by atoms with Gasteiger partial charge in [0.25, 0.3) is 5.91 Å². The number of ether oxygens (including phenoxy) is 2. The van der Waals surface area contributed by atoms with E-state index in [0.29, 0.717) is 11.5 Å². The molecule has 1 aromatic heterocycles. The zero-order valence-electron chi connectivity index (χ0n) is 17.6. The summed E-state index contributed by atoms with van der Waals surface area (Å²) in [5.41, 5.74) is 4.19. The van der Waals surface area contributed by atoms with Crippen LogP contribution in [0.2, 0.25) is 0 Å². The standard InChI is InChI=1S/C24H23N5O3/c1-31-22-11-10-18(14-23(22)32-17-29-13-5-12-27-29)15-26-28-24(30)16-25-21-9-4-7-19-6-2-3-8-20(19)21/h2-15,25H,16-17H2,1H3,(H,28,30)/b26-15+. The second-order valence-electron chi connectivity index (χ2n) is 6.90. The van der Waals surface area contributed by atoms with Crippen LogP contribution in [0.15, 0.2) is 84.2 Å². The molecule has 0 aliphatic heterocycles. The van der Waals surface area contributed by atoms with E-state index in [9.17, 15) is 4.79 Å². The lowest BCUT2D eigenvalue weighted by Crippen LogP contribution is -2.25. The van der Waals surface area contributed by atoms with Crippen molar-refractivity contribution in [3.63, 3.8) is 0 Å². The van der Waals surface area contributed by atoms with Crippen molar-refractivity contribution in [2.45, 2.75) is 6.73 Å². The Hall–Kier alpha value is -4.33. The Morgan fingerprint density at radius 2 is 1.97 bits per heavy atom. The van der Waals surface area contributed by atoms with Crippen LogP contribution in [-0.2, 0) is 11.5 Å². The van der Waals surface area contributed by atoms with E-state index in [1.54, 1.807) is 42.5 Å². The van der Waals surface area contributed by atoms with Crippen molar-refractivity contribution >= 4 is 28.6 Å². The Kier molecular flexibility index (Phi) is 6.62. The minimum atomic E-state index is -0.252. The number of benzene rings is 3. The fraction of sp³-hybridized carbons (Fsp3) is 0.125. The summed E-state index contributed by atoms with van der Waals surface area (Å²) in [6, 6.07) is 21.2. The molecule has 1 amide bonds. The highest BCUT2D eigenvalue weighted by molar-refractivity contribution is 5.95. The molecule has 0 radical (unpaired) electrons. The Labute approximate surface area is 185 Å². The van der Waals surface area contributed by atoms with Crippen LogP contribution in [0.4, 0.5) is 5.69 Å². The highest BCUT2D eigenvalue weighted by atomic mass is 16.5. The number of anilines is 1. The molecule has 162 valence electrons. The predicted octanol–water partition coefficient (Wildman–Crippen LogP) is 3.64. The molecule has 0 spiro atoms. The smallest absolute Gasteiger partial charge is 0.259 e. The Morgan fingerprint density at radius 3 is 2.81 bits per heavy atom. The molecule has 0 aliphatic rings. The Balaban J connectivity index is 1.33. The highest BCUT2D eigenvalue weighted by Crippen LogP contribution is 2.28. The third-order valence-electron chi connectivity index (χ3n) is 4.73. The SMILES string of the molecule is COc1ccc(/C=N/NC(=O)CNc2cccc3ccccc23)cc1OCn1cccn1. The first kappa shape index (κ1) is 20.9. The number of hydrogen-bond acceptors (Lipinski definition) is 6. The third-order valence-corrected chi connectivity index (χ3v) is 4.73. The number of carbonyl (C=O) groups excluding carboxylic acids is 1. The van der Waals surface area contributed by atoms with Gasteiger partial charge in [0.1, 0.15) is 0 Å². The lowest BCUT2D eigenvalue weighted by molar-refractivity contribution is -0.119. The van der Waals surface area contributed by atoms with Gasteiger partial charge in [-0.2, -0.15) is 10.2 Å². The van der Waals surface area contributed by atoms with Gasteiger partial charge in [-0.1, -0.05) is 36.4 Å². The molecular formula is C24H23N5O3. The minimum absolute atomic E-state index is 0.103. The van der Waals surface area contributed by atoms with Gasteiger partial charge in [-0.05, 0) is 41.3 Å². The van der Waals surface area contributed by atoms with E-state index < -0.39 is 0 Å². The predicted molar refractivity (Wildman–Crippen MR) is 124 cm³/mol. The van der Waals surface area contributed by atoms with Crippen LogP contribution in [0.5, 0.6) is 11.5 Å². The van der Waals surface area contributed by atoms with Crippen LogP contribution in [0.25, 0.3) is 10.8 Å². The molecular weight excluding hydrogens is 406 g/mol. The zero-order valence-corrected chi connectivity index (χ0v) is 17.6. The molecule has 8 nitrogen and oxygen atoms in total. The van der Waals surface area contributed by atoms with Gasteiger partial charge in [-0.25, -0.2) is 10.1 Å². The number of amides is 1. The number of nitrogens with one attached hydrogen (secondary N) is 2. The lowest BCUT2D eigenvalue weighted by atomic mass is 10.1. The maximum absolute atomic E-state index is 12.2. The summed E-state index contributed by atoms with van der Waals surface area (Å²) < 4.78 is 12.8. The number of rotatable bonds is 9. The van der Waals surface area contributed by atoms with E-state index >= 15 is 0 Å². The molecule has 0 bridgehead atoms. The van der Waals surface area contributed by atoms with Gasteiger partial charge in [-0.15, -0.1) is 0 Å². The van der Waals surface area contributed by atoms with Crippen LogP contribution in [0.1, 0.15) is 5.56 Å². The van der Waals surface area contributed by atoms with Crippen molar-refractivity contribution in [3.05, 3.63) is 84.7 Å². The van der Waals surface area contributed by atoms with Gasteiger partial charge in [0.15, 0.2) is 18.2 Å². The topological polar surface area (TPSA) is 89.8 Å². The number of nitrogens with zero attached hydrogens (tertiary/aromatic N) is 3. The van der Waals surface area contributed by atoms with E-state index in [-0.39, 0.29) is 19.2 Å². The second-order valence-corrected chi connectivity index (χ2v) is 6.90. The monoisotopic (exact) mass is 429 g/mol. The Bertz CT molecular complexity index is 1220. The summed E-state index contributed by atoms with van der Waals surface area (Å²) in [4.78, 5) is 12.2. The molecule has 0 unspecified atom stereocenters. The van der Waals surface area contributed by atoms with Gasteiger partial charge in [0, 0.05) is 23.5 Å². The van der Waals surface area contributed by atoms with Gasteiger partial charge in [0.05, 0.1) is 19.9 Å². The van der Waals surface area contributed by atoms with Crippen molar-refractivity contribution in [1.29, 1.82) is 0 Å². The van der Waals surface area contributed by atoms with Crippen LogP contribution in [-0.4, -0.2) is 35.6 Å². The summed E-state index contributed by atoms with van der Waals surface area (Å²) in [7, 11) is 1.58. The highest BCUT2D eigenvalue weighted by Gasteiger charge is 2.06. The molecule has 3 aromatic carbocycles. The zero-order chi connectivity index (χ0) is 22.2. The average Bonchev–Trinajstić information content (AvgIpc) is 3.35. The van der Waals surface area contributed by atoms with E-state index in [0.717, 1.165) is 22.0 Å². The Morgan fingerprint density at radius 1 is 1.09 bits per heavy atom. The largest absolute Gasteiger partial charge is 0.493 e. The van der Waals surface area contributed by atoms with Crippen molar-refractivity contribution in [2.75, 3.05) is 19.0 Å². The van der Waals surface area contributed by atoms with Crippen LogP contribution < -0.4 is 20.2 Å². The molecule has 4 aromatic rings. The number of aromatic nitrogens is 2. The fourth-order valence-electron chi connectivity index (χ4n) is 3.17. The van der Waals surface area contributed by atoms with E-state index in [1.807, 2.05) is 54.6 Å². The van der Waals surface area contributed by atoms with Gasteiger partial charge < -0.3 is 14.8 Å². The molecule has 1 heterocycles. The third kappa shape index (κ3) is 5.23. The molecule has 0 fully saturated rings. The summed E-state index contributed by atoms with van der Waals surface area (Å²) in [5, 5.41) is 13.5.